The normalized spacial score (nSPS) is 27.2. The lowest BCUT2D eigenvalue weighted by Gasteiger charge is -2.42. The van der Waals surface area contributed by atoms with Crippen molar-refractivity contribution in [1.29, 1.82) is 0 Å². The molecule has 5 aliphatic rings. The Morgan fingerprint density at radius 1 is 0.956 bits per heavy atom. The van der Waals surface area contributed by atoms with E-state index in [1.807, 2.05) is 31.2 Å². The Balaban J connectivity index is 1.19. The number of rotatable bonds is 6. The van der Waals surface area contributed by atoms with Gasteiger partial charge in [-0.05, 0) is 74.8 Å². The summed E-state index contributed by atoms with van der Waals surface area (Å²) < 4.78 is 5.67. The van der Waals surface area contributed by atoms with Crippen LogP contribution in [0.2, 0.25) is 0 Å². The quantitative estimate of drug-likeness (QED) is 0.284. The molecule has 2 saturated heterocycles. The number of allylic oxidation sites excluding steroid dienone is 6. The van der Waals surface area contributed by atoms with Crippen molar-refractivity contribution in [1.82, 2.24) is 9.80 Å². The second-order valence-corrected chi connectivity index (χ2v) is 12.9. The number of likely N-dealkylation sites (tertiary alicyclic amines) is 2. The van der Waals surface area contributed by atoms with Gasteiger partial charge in [0.1, 0.15) is 0 Å². The number of ketones is 2. The minimum atomic E-state index is -0.574. The van der Waals surface area contributed by atoms with Crippen molar-refractivity contribution < 1.29 is 29.0 Å². The number of Topliss-reactive ketones (excluding diaryl/α,β-unsaturated/α-hetero) is 1. The van der Waals surface area contributed by atoms with Crippen molar-refractivity contribution in [2.45, 2.75) is 58.0 Å². The summed E-state index contributed by atoms with van der Waals surface area (Å²) >= 11 is 0. The van der Waals surface area contributed by atoms with E-state index in [1.165, 1.54) is 11.6 Å². The molecule has 2 aromatic carbocycles. The number of nitrogens with zero attached hydrogens (tertiary/aromatic N) is 2. The number of phenolic OH excluding ortho intramolecular Hbond substituents is 1. The van der Waals surface area contributed by atoms with Gasteiger partial charge in [0.15, 0.2) is 23.1 Å². The zero-order valence-corrected chi connectivity index (χ0v) is 25.7. The molecule has 2 aromatic rings. The second kappa shape index (κ2) is 11.6. The molecular formula is C37H38N2O6. The van der Waals surface area contributed by atoms with E-state index < -0.39 is 17.8 Å². The smallest absolute Gasteiger partial charge is 0.233 e. The predicted octanol–water partition coefficient (Wildman–Crippen LogP) is 4.89. The lowest BCUT2D eigenvalue weighted by Crippen LogP contribution is -2.47. The van der Waals surface area contributed by atoms with E-state index in [0.29, 0.717) is 41.1 Å². The fraction of sp³-hybridized carbons (Fsp3) is 0.405. The summed E-state index contributed by atoms with van der Waals surface area (Å²) in [7, 11) is 0. The first-order chi connectivity index (χ1) is 21.8. The van der Waals surface area contributed by atoms with Gasteiger partial charge in [-0.2, -0.15) is 0 Å². The first kappa shape index (κ1) is 29.4. The van der Waals surface area contributed by atoms with Gasteiger partial charge in [-0.25, -0.2) is 0 Å². The van der Waals surface area contributed by atoms with Gasteiger partial charge < -0.3 is 9.84 Å². The largest absolute Gasteiger partial charge is 0.504 e. The van der Waals surface area contributed by atoms with Crippen LogP contribution < -0.4 is 4.74 Å². The molecule has 3 aliphatic carbocycles. The van der Waals surface area contributed by atoms with Crippen LogP contribution in [0.1, 0.15) is 56.6 Å². The summed E-state index contributed by atoms with van der Waals surface area (Å²) in [6, 6.07) is 15.2. The molecule has 7 rings (SSSR count). The molecule has 1 N–H and O–H groups in total. The number of phenols is 1. The summed E-state index contributed by atoms with van der Waals surface area (Å²) in [5.41, 5.74) is 4.12. The van der Waals surface area contributed by atoms with Gasteiger partial charge in [0, 0.05) is 48.3 Å². The van der Waals surface area contributed by atoms with Crippen LogP contribution in [0.25, 0.3) is 0 Å². The minimum absolute atomic E-state index is 0.0102. The maximum absolute atomic E-state index is 14.3. The summed E-state index contributed by atoms with van der Waals surface area (Å²) in [6.07, 6.45) is 5.57. The molecule has 0 radical (unpaired) electrons. The number of benzene rings is 2. The number of imide groups is 1. The molecule has 0 aromatic heterocycles. The van der Waals surface area contributed by atoms with Crippen molar-refractivity contribution in [2.24, 2.45) is 17.8 Å². The number of fused-ring (bicyclic) bond motifs is 3. The number of carbonyl (C=O) groups is 4. The monoisotopic (exact) mass is 606 g/mol. The number of hydrogen-bond acceptors (Lipinski definition) is 7. The molecule has 45 heavy (non-hydrogen) atoms. The van der Waals surface area contributed by atoms with E-state index in [1.54, 1.807) is 30.0 Å². The Kier molecular flexibility index (Phi) is 7.56. The predicted molar refractivity (Wildman–Crippen MR) is 167 cm³/mol. The number of aromatic hydroxyl groups is 1. The standard InChI is InChI=1S/C37H38N2O6/c1-3-45-31-18-23(9-12-29(31)40)32-25-10-11-26-33(27(25)19-28-30(41)17-21(2)35(42)34(28)32)37(44)39(36(26)43)24-13-15-38(16-14-24)20-22-7-5-4-6-8-22/h4-10,12,17-18,24,26-27,32-33,40H,3,11,13-16,19-20H2,1-2H3/t26-,27+,32-,33-/m0/s1. The average molecular weight is 607 g/mol. The number of ether oxygens (including phenoxy) is 1. The molecule has 8 heteroatoms. The van der Waals surface area contributed by atoms with Crippen LogP contribution in [-0.4, -0.2) is 64.0 Å². The molecule has 0 saturated carbocycles. The molecule has 2 aliphatic heterocycles. The minimum Gasteiger partial charge on any atom is -0.504 e. The van der Waals surface area contributed by atoms with Crippen molar-refractivity contribution in [2.75, 3.05) is 19.7 Å². The first-order valence-corrected chi connectivity index (χ1v) is 16.1. The van der Waals surface area contributed by atoms with Gasteiger partial charge in [0.25, 0.3) is 0 Å². The molecule has 2 heterocycles. The van der Waals surface area contributed by atoms with Gasteiger partial charge in [0.2, 0.25) is 11.8 Å². The van der Waals surface area contributed by atoms with Gasteiger partial charge in [0.05, 0.1) is 18.4 Å². The van der Waals surface area contributed by atoms with Crippen molar-refractivity contribution >= 4 is 23.4 Å². The van der Waals surface area contributed by atoms with Crippen molar-refractivity contribution in [3.63, 3.8) is 0 Å². The molecule has 0 spiro atoms. The molecule has 2 fully saturated rings. The van der Waals surface area contributed by atoms with Gasteiger partial charge in [-0.15, -0.1) is 0 Å². The van der Waals surface area contributed by atoms with Crippen LogP contribution in [0.4, 0.5) is 0 Å². The van der Waals surface area contributed by atoms with Gasteiger partial charge in [-0.1, -0.05) is 48.0 Å². The summed E-state index contributed by atoms with van der Waals surface area (Å²) in [6.45, 7) is 6.29. The highest BCUT2D eigenvalue weighted by atomic mass is 16.5. The lowest BCUT2D eigenvalue weighted by molar-refractivity contribution is -0.144. The molecule has 4 atom stereocenters. The molecule has 0 unspecified atom stereocenters. The summed E-state index contributed by atoms with van der Waals surface area (Å²) in [5, 5.41) is 10.4. The van der Waals surface area contributed by atoms with Crippen LogP contribution in [0.3, 0.4) is 0 Å². The van der Waals surface area contributed by atoms with Crippen LogP contribution >= 0.6 is 0 Å². The summed E-state index contributed by atoms with van der Waals surface area (Å²) in [4.78, 5) is 59.2. The van der Waals surface area contributed by atoms with Crippen molar-refractivity contribution in [3.8, 4) is 11.5 Å². The Labute approximate surface area is 263 Å². The first-order valence-electron chi connectivity index (χ1n) is 16.1. The maximum atomic E-state index is 14.3. The molecule has 2 amide bonds. The van der Waals surface area contributed by atoms with Crippen LogP contribution in [0, 0.1) is 17.8 Å². The molecule has 0 bridgehead atoms. The Morgan fingerprint density at radius 3 is 2.44 bits per heavy atom. The maximum Gasteiger partial charge on any atom is 0.233 e. The van der Waals surface area contributed by atoms with E-state index in [2.05, 4.69) is 17.0 Å². The van der Waals surface area contributed by atoms with Crippen molar-refractivity contribution in [3.05, 3.63) is 94.1 Å². The average Bonchev–Trinajstić information content (AvgIpc) is 3.30. The number of piperidine rings is 1. The molecule has 8 nitrogen and oxygen atoms in total. The lowest BCUT2D eigenvalue weighted by atomic mass is 9.59. The Morgan fingerprint density at radius 2 is 1.71 bits per heavy atom. The van der Waals surface area contributed by atoms with Gasteiger partial charge >= 0.3 is 0 Å². The molecule has 232 valence electrons. The molecular weight excluding hydrogens is 568 g/mol. The second-order valence-electron chi connectivity index (χ2n) is 12.9. The fourth-order valence-corrected chi connectivity index (χ4v) is 8.28. The summed E-state index contributed by atoms with van der Waals surface area (Å²) in [5.74, 6) is -2.35. The SMILES string of the molecule is CCOc1cc([C@H]2C3=CC[C@@H]4C(=O)N(C5CCN(Cc6ccccc6)CC5)C(=O)[C@@H]4[C@@H]3CC3=C2C(=O)C(C)=CC3=O)ccc1O. The Bertz CT molecular complexity index is 1680. The highest BCUT2D eigenvalue weighted by Crippen LogP contribution is 2.56. The zero-order valence-electron chi connectivity index (χ0n) is 25.7. The van der Waals surface area contributed by atoms with E-state index in [-0.39, 0.29) is 47.5 Å². The van der Waals surface area contributed by atoms with E-state index in [0.717, 1.165) is 38.0 Å². The van der Waals surface area contributed by atoms with E-state index in [9.17, 15) is 24.3 Å². The zero-order chi connectivity index (χ0) is 31.4. The van der Waals surface area contributed by atoms with Crippen LogP contribution in [0.15, 0.2) is 83.0 Å². The third-order valence-electron chi connectivity index (χ3n) is 10.4. The topological polar surface area (TPSA) is 104 Å². The van der Waals surface area contributed by atoms with E-state index >= 15 is 0 Å². The third-order valence-corrected chi connectivity index (χ3v) is 10.4. The number of hydrogen-bond donors (Lipinski definition) is 1. The highest BCUT2D eigenvalue weighted by Gasteiger charge is 2.57. The van der Waals surface area contributed by atoms with Crippen LogP contribution in [-0.2, 0) is 25.7 Å². The third kappa shape index (κ3) is 4.96. The van der Waals surface area contributed by atoms with Gasteiger partial charge in [-0.3, -0.25) is 29.0 Å². The number of amides is 2. The van der Waals surface area contributed by atoms with E-state index in [4.69, 9.17) is 4.74 Å². The number of carbonyl (C=O) groups excluding carboxylic acids is 4. The fourth-order valence-electron chi connectivity index (χ4n) is 8.28. The highest BCUT2D eigenvalue weighted by molar-refractivity contribution is 6.23. The Hall–Kier alpha value is -4.30. The van der Waals surface area contributed by atoms with Crippen LogP contribution in [0.5, 0.6) is 11.5 Å².